The normalized spacial score (nSPS) is 22.3. The monoisotopic (exact) mass is 289 g/mol. The number of hydrogen-bond donors (Lipinski definition) is 1. The van der Waals surface area contributed by atoms with Crippen molar-refractivity contribution in [3.63, 3.8) is 0 Å². The first-order chi connectivity index (χ1) is 10.2. The molecule has 0 amide bonds. The Labute approximate surface area is 130 Å². The highest BCUT2D eigenvalue weighted by Gasteiger charge is 2.23. The first kappa shape index (κ1) is 16.5. The zero-order chi connectivity index (χ0) is 15.1. The van der Waals surface area contributed by atoms with E-state index >= 15 is 0 Å². The standard InChI is InChI=1S/C18H31N3/c1-4-5-11-18(16-9-7-6-8-10-16)19-14-17-15-20(2)12-13-21(17)3/h6-10,17-19H,4-5,11-15H2,1-3H3. The van der Waals surface area contributed by atoms with Gasteiger partial charge in [-0.15, -0.1) is 0 Å². The summed E-state index contributed by atoms with van der Waals surface area (Å²) in [7, 11) is 4.48. The van der Waals surface area contributed by atoms with E-state index in [9.17, 15) is 0 Å². The first-order valence-electron chi connectivity index (χ1n) is 8.37. The van der Waals surface area contributed by atoms with Crippen molar-refractivity contribution in [2.24, 2.45) is 0 Å². The summed E-state index contributed by atoms with van der Waals surface area (Å²) in [4.78, 5) is 4.94. The molecule has 3 nitrogen and oxygen atoms in total. The van der Waals surface area contributed by atoms with Crippen molar-refractivity contribution in [2.45, 2.75) is 38.3 Å². The van der Waals surface area contributed by atoms with Crippen LogP contribution in [0.4, 0.5) is 0 Å². The molecule has 1 N–H and O–H groups in total. The number of rotatable bonds is 7. The summed E-state index contributed by atoms with van der Waals surface area (Å²) in [5.74, 6) is 0. The van der Waals surface area contributed by atoms with Crippen LogP contribution < -0.4 is 5.32 Å². The number of nitrogens with zero attached hydrogens (tertiary/aromatic N) is 2. The lowest BCUT2D eigenvalue weighted by atomic mass is 10.0. The third-order valence-electron chi connectivity index (χ3n) is 4.63. The van der Waals surface area contributed by atoms with Gasteiger partial charge in [-0.25, -0.2) is 0 Å². The van der Waals surface area contributed by atoms with Crippen LogP contribution in [0.3, 0.4) is 0 Å². The summed E-state index contributed by atoms with van der Waals surface area (Å²) >= 11 is 0. The molecule has 1 aromatic rings. The maximum absolute atomic E-state index is 3.82. The third-order valence-corrected chi connectivity index (χ3v) is 4.63. The predicted molar refractivity (Wildman–Crippen MR) is 90.6 cm³/mol. The Morgan fingerprint density at radius 1 is 1.19 bits per heavy atom. The van der Waals surface area contributed by atoms with Gasteiger partial charge in [0, 0.05) is 38.3 Å². The Bertz CT molecular complexity index is 393. The molecule has 0 aromatic heterocycles. The number of piperazine rings is 1. The molecule has 1 heterocycles. The second-order valence-electron chi connectivity index (χ2n) is 6.41. The van der Waals surface area contributed by atoms with E-state index in [4.69, 9.17) is 0 Å². The van der Waals surface area contributed by atoms with E-state index in [0.29, 0.717) is 12.1 Å². The average Bonchev–Trinajstić information content (AvgIpc) is 2.51. The molecule has 1 fully saturated rings. The van der Waals surface area contributed by atoms with Gasteiger partial charge in [-0.05, 0) is 26.1 Å². The number of likely N-dealkylation sites (N-methyl/N-ethyl adjacent to an activating group) is 2. The molecule has 1 aliphatic heterocycles. The van der Waals surface area contributed by atoms with E-state index in [1.807, 2.05) is 0 Å². The summed E-state index contributed by atoms with van der Waals surface area (Å²) in [5, 5.41) is 3.82. The van der Waals surface area contributed by atoms with Crippen LogP contribution in [0.1, 0.15) is 37.8 Å². The minimum Gasteiger partial charge on any atom is -0.308 e. The maximum Gasteiger partial charge on any atom is 0.0345 e. The van der Waals surface area contributed by atoms with E-state index in [-0.39, 0.29) is 0 Å². The zero-order valence-corrected chi connectivity index (χ0v) is 13.9. The van der Waals surface area contributed by atoms with Crippen LogP contribution >= 0.6 is 0 Å². The molecule has 118 valence electrons. The van der Waals surface area contributed by atoms with Crippen molar-refractivity contribution in [1.29, 1.82) is 0 Å². The van der Waals surface area contributed by atoms with Crippen molar-refractivity contribution in [3.05, 3.63) is 35.9 Å². The second-order valence-corrected chi connectivity index (χ2v) is 6.41. The van der Waals surface area contributed by atoms with Gasteiger partial charge >= 0.3 is 0 Å². The Kier molecular flexibility index (Phi) is 6.68. The van der Waals surface area contributed by atoms with Crippen LogP contribution in [0.15, 0.2) is 30.3 Å². The Hall–Kier alpha value is -0.900. The summed E-state index contributed by atoms with van der Waals surface area (Å²) in [5.41, 5.74) is 1.43. The van der Waals surface area contributed by atoms with Gasteiger partial charge in [0.1, 0.15) is 0 Å². The van der Waals surface area contributed by atoms with Gasteiger partial charge in [0.25, 0.3) is 0 Å². The third kappa shape index (κ3) is 5.10. The van der Waals surface area contributed by atoms with Crippen molar-refractivity contribution in [2.75, 3.05) is 40.3 Å². The predicted octanol–water partition coefficient (Wildman–Crippen LogP) is 2.75. The average molecular weight is 289 g/mol. The highest BCUT2D eigenvalue weighted by atomic mass is 15.3. The Balaban J connectivity index is 1.92. The molecule has 2 rings (SSSR count). The lowest BCUT2D eigenvalue weighted by Gasteiger charge is -2.38. The quantitative estimate of drug-likeness (QED) is 0.833. The molecule has 0 saturated carbocycles. The van der Waals surface area contributed by atoms with Crippen molar-refractivity contribution in [3.8, 4) is 0 Å². The fourth-order valence-corrected chi connectivity index (χ4v) is 3.08. The SMILES string of the molecule is CCCCC(NCC1CN(C)CCN1C)c1ccccc1. The Morgan fingerprint density at radius 3 is 2.67 bits per heavy atom. The van der Waals surface area contributed by atoms with E-state index in [2.05, 4.69) is 66.5 Å². The maximum atomic E-state index is 3.82. The fraction of sp³-hybridized carbons (Fsp3) is 0.667. The molecule has 0 aliphatic carbocycles. The van der Waals surface area contributed by atoms with Gasteiger partial charge in [-0.3, -0.25) is 4.90 Å². The highest BCUT2D eigenvalue weighted by Crippen LogP contribution is 2.19. The first-order valence-corrected chi connectivity index (χ1v) is 8.37. The van der Waals surface area contributed by atoms with Crippen molar-refractivity contribution in [1.82, 2.24) is 15.1 Å². The summed E-state index contributed by atoms with van der Waals surface area (Å²) in [6, 6.07) is 12.0. The van der Waals surface area contributed by atoms with Crippen LogP contribution in [0.5, 0.6) is 0 Å². The molecule has 2 atom stereocenters. The summed E-state index contributed by atoms with van der Waals surface area (Å²) in [6.07, 6.45) is 3.77. The number of hydrogen-bond acceptors (Lipinski definition) is 3. The van der Waals surface area contributed by atoms with E-state index < -0.39 is 0 Å². The van der Waals surface area contributed by atoms with E-state index in [1.165, 1.54) is 44.5 Å². The lowest BCUT2D eigenvalue weighted by Crippen LogP contribution is -2.54. The number of benzene rings is 1. The van der Waals surface area contributed by atoms with Crippen LogP contribution in [0.2, 0.25) is 0 Å². The topological polar surface area (TPSA) is 18.5 Å². The van der Waals surface area contributed by atoms with Gasteiger partial charge in [0.05, 0.1) is 0 Å². The molecular weight excluding hydrogens is 258 g/mol. The van der Waals surface area contributed by atoms with Gasteiger partial charge in [0.2, 0.25) is 0 Å². The molecule has 1 saturated heterocycles. The molecule has 1 aromatic carbocycles. The van der Waals surface area contributed by atoms with Gasteiger partial charge in [0.15, 0.2) is 0 Å². The highest BCUT2D eigenvalue weighted by molar-refractivity contribution is 5.18. The molecule has 0 radical (unpaired) electrons. The van der Waals surface area contributed by atoms with Gasteiger partial charge < -0.3 is 10.2 Å². The van der Waals surface area contributed by atoms with Crippen LogP contribution in [0.25, 0.3) is 0 Å². The molecule has 0 bridgehead atoms. The molecule has 21 heavy (non-hydrogen) atoms. The van der Waals surface area contributed by atoms with Gasteiger partial charge in [-0.2, -0.15) is 0 Å². The molecule has 1 aliphatic rings. The Morgan fingerprint density at radius 2 is 1.95 bits per heavy atom. The van der Waals surface area contributed by atoms with Crippen LogP contribution in [-0.4, -0.2) is 56.1 Å². The molecule has 2 unspecified atom stereocenters. The van der Waals surface area contributed by atoms with Gasteiger partial charge in [-0.1, -0.05) is 50.1 Å². The molecular formula is C18H31N3. The fourth-order valence-electron chi connectivity index (χ4n) is 3.08. The van der Waals surface area contributed by atoms with E-state index in [0.717, 1.165) is 6.54 Å². The minimum absolute atomic E-state index is 0.492. The van der Waals surface area contributed by atoms with Crippen LogP contribution in [-0.2, 0) is 0 Å². The minimum atomic E-state index is 0.492. The number of unbranched alkanes of at least 4 members (excludes halogenated alkanes) is 1. The smallest absolute Gasteiger partial charge is 0.0345 e. The summed E-state index contributed by atoms with van der Waals surface area (Å²) < 4.78 is 0. The van der Waals surface area contributed by atoms with Crippen molar-refractivity contribution < 1.29 is 0 Å². The molecule has 0 spiro atoms. The zero-order valence-electron chi connectivity index (χ0n) is 13.9. The van der Waals surface area contributed by atoms with E-state index in [1.54, 1.807) is 0 Å². The molecule has 3 heteroatoms. The lowest BCUT2D eigenvalue weighted by molar-refractivity contribution is 0.111. The van der Waals surface area contributed by atoms with Crippen LogP contribution in [0, 0.1) is 0 Å². The van der Waals surface area contributed by atoms with Crippen molar-refractivity contribution >= 4 is 0 Å². The largest absolute Gasteiger partial charge is 0.308 e. The number of nitrogens with one attached hydrogen (secondary N) is 1. The summed E-state index contributed by atoms with van der Waals surface area (Å²) in [6.45, 7) is 6.87. The second kappa shape index (κ2) is 8.52.